The number of ether oxygens (including phenoxy) is 1. The van der Waals surface area contributed by atoms with E-state index in [0.29, 0.717) is 25.3 Å². The van der Waals surface area contributed by atoms with Gasteiger partial charge in [-0.1, -0.05) is 13.8 Å². The van der Waals surface area contributed by atoms with Crippen molar-refractivity contribution in [3.8, 4) is 0 Å². The summed E-state index contributed by atoms with van der Waals surface area (Å²) in [5, 5.41) is 5.64. The lowest BCUT2D eigenvalue weighted by Gasteiger charge is -2.28. The Morgan fingerprint density at radius 1 is 1.17 bits per heavy atom. The van der Waals surface area contributed by atoms with Crippen LogP contribution in [0.15, 0.2) is 42.6 Å². The second-order valence-electron chi connectivity index (χ2n) is 7.54. The van der Waals surface area contributed by atoms with Gasteiger partial charge in [0.25, 0.3) is 5.91 Å². The zero-order chi connectivity index (χ0) is 21.5. The van der Waals surface area contributed by atoms with Crippen molar-refractivity contribution in [3.63, 3.8) is 0 Å². The van der Waals surface area contributed by atoms with Crippen LogP contribution in [0.1, 0.15) is 29.8 Å². The molecule has 30 heavy (non-hydrogen) atoms. The summed E-state index contributed by atoms with van der Waals surface area (Å²) in [5.41, 5.74) is 1.23. The van der Waals surface area contributed by atoms with Crippen molar-refractivity contribution in [2.45, 2.75) is 26.4 Å². The third-order valence-electron chi connectivity index (χ3n) is 4.95. The van der Waals surface area contributed by atoms with Gasteiger partial charge >= 0.3 is 0 Å². The minimum atomic E-state index is -0.705. The zero-order valence-electron chi connectivity index (χ0n) is 17.2. The summed E-state index contributed by atoms with van der Waals surface area (Å²) < 4.78 is 18.4. The lowest BCUT2D eigenvalue weighted by molar-refractivity contribution is -0.124. The molecule has 1 aromatic heterocycles. The van der Waals surface area contributed by atoms with Crippen molar-refractivity contribution < 1.29 is 18.7 Å². The molecule has 1 aromatic carbocycles. The molecule has 1 fully saturated rings. The van der Waals surface area contributed by atoms with Gasteiger partial charge in [-0.25, -0.2) is 9.37 Å². The normalized spacial score (nSPS) is 15.0. The molecule has 1 aliphatic heterocycles. The molecule has 1 atom stereocenters. The monoisotopic (exact) mass is 414 g/mol. The number of benzene rings is 1. The van der Waals surface area contributed by atoms with Gasteiger partial charge < -0.3 is 20.3 Å². The first kappa shape index (κ1) is 21.7. The van der Waals surface area contributed by atoms with Gasteiger partial charge in [0, 0.05) is 31.4 Å². The van der Waals surface area contributed by atoms with Gasteiger partial charge in [-0.3, -0.25) is 9.59 Å². The first-order valence-electron chi connectivity index (χ1n) is 10.1. The van der Waals surface area contributed by atoms with E-state index in [1.807, 2.05) is 26.0 Å². The van der Waals surface area contributed by atoms with E-state index in [1.165, 1.54) is 24.3 Å². The quantitative estimate of drug-likeness (QED) is 0.725. The predicted octanol–water partition coefficient (Wildman–Crippen LogP) is 2.13. The molecule has 160 valence electrons. The van der Waals surface area contributed by atoms with Crippen LogP contribution in [-0.2, 0) is 16.1 Å². The van der Waals surface area contributed by atoms with Gasteiger partial charge in [0.2, 0.25) is 5.91 Å². The Balaban J connectivity index is 1.60. The molecule has 7 nitrogen and oxygen atoms in total. The molecule has 0 saturated carbocycles. The molecule has 2 amide bonds. The Morgan fingerprint density at radius 3 is 2.53 bits per heavy atom. The minimum absolute atomic E-state index is 0.115. The average molecular weight is 414 g/mol. The van der Waals surface area contributed by atoms with E-state index in [4.69, 9.17) is 4.74 Å². The van der Waals surface area contributed by atoms with Gasteiger partial charge in [-0.05, 0) is 47.9 Å². The molecule has 0 radical (unpaired) electrons. The van der Waals surface area contributed by atoms with Gasteiger partial charge in [-0.2, -0.15) is 0 Å². The summed E-state index contributed by atoms with van der Waals surface area (Å²) in [7, 11) is 0. The summed E-state index contributed by atoms with van der Waals surface area (Å²) in [6.45, 7) is 6.96. The van der Waals surface area contributed by atoms with Crippen LogP contribution in [0.4, 0.5) is 10.2 Å². The molecular weight excluding hydrogens is 387 g/mol. The van der Waals surface area contributed by atoms with Gasteiger partial charge in [0.15, 0.2) is 0 Å². The molecule has 0 spiro atoms. The molecule has 1 unspecified atom stereocenters. The Morgan fingerprint density at radius 2 is 1.87 bits per heavy atom. The average Bonchev–Trinajstić information content (AvgIpc) is 2.76. The van der Waals surface area contributed by atoms with E-state index >= 15 is 0 Å². The predicted molar refractivity (Wildman–Crippen MR) is 112 cm³/mol. The van der Waals surface area contributed by atoms with E-state index in [-0.39, 0.29) is 11.8 Å². The highest BCUT2D eigenvalue weighted by atomic mass is 19.1. The number of halogens is 1. The lowest BCUT2D eigenvalue weighted by Crippen LogP contribution is -2.49. The number of amides is 2. The number of hydrogen-bond acceptors (Lipinski definition) is 5. The molecule has 0 bridgehead atoms. The van der Waals surface area contributed by atoms with Crippen LogP contribution in [0.3, 0.4) is 0 Å². The largest absolute Gasteiger partial charge is 0.378 e. The van der Waals surface area contributed by atoms with Crippen LogP contribution in [0.25, 0.3) is 0 Å². The summed E-state index contributed by atoms with van der Waals surface area (Å²) >= 11 is 0. The molecule has 2 heterocycles. The first-order chi connectivity index (χ1) is 14.4. The number of anilines is 1. The van der Waals surface area contributed by atoms with Crippen LogP contribution in [0.2, 0.25) is 0 Å². The molecule has 3 rings (SSSR count). The Kier molecular flexibility index (Phi) is 7.35. The van der Waals surface area contributed by atoms with Crippen molar-refractivity contribution >= 4 is 17.6 Å². The molecule has 0 aliphatic carbocycles. The SMILES string of the molecule is CC(C)C(NC(=O)c1ccc(F)cc1)C(=O)NCc1ccnc(N2CCOCC2)c1. The third kappa shape index (κ3) is 5.76. The number of carbonyl (C=O) groups excluding carboxylic acids is 2. The van der Waals surface area contributed by atoms with E-state index in [2.05, 4.69) is 20.5 Å². The van der Waals surface area contributed by atoms with Crippen molar-refractivity contribution in [3.05, 3.63) is 59.5 Å². The lowest BCUT2D eigenvalue weighted by atomic mass is 10.0. The fourth-order valence-corrected chi connectivity index (χ4v) is 3.20. The maximum atomic E-state index is 13.1. The number of carbonyl (C=O) groups is 2. The zero-order valence-corrected chi connectivity index (χ0v) is 17.2. The van der Waals surface area contributed by atoms with E-state index < -0.39 is 17.8 Å². The number of nitrogens with zero attached hydrogens (tertiary/aromatic N) is 2. The summed E-state index contributed by atoms with van der Waals surface area (Å²) in [4.78, 5) is 31.7. The van der Waals surface area contributed by atoms with Crippen molar-refractivity contribution in [2.75, 3.05) is 31.2 Å². The van der Waals surface area contributed by atoms with Crippen LogP contribution in [0, 0.1) is 11.7 Å². The molecule has 2 N–H and O–H groups in total. The van der Waals surface area contributed by atoms with E-state index in [9.17, 15) is 14.0 Å². The highest BCUT2D eigenvalue weighted by molar-refractivity contribution is 5.97. The first-order valence-corrected chi connectivity index (χ1v) is 10.1. The standard InChI is InChI=1S/C22H27FN4O3/c1-15(2)20(26-21(28)17-3-5-18(23)6-4-17)22(29)25-14-16-7-8-24-19(13-16)27-9-11-30-12-10-27/h3-8,13,15,20H,9-12,14H2,1-2H3,(H,25,29)(H,26,28). The van der Waals surface area contributed by atoms with Crippen molar-refractivity contribution in [1.29, 1.82) is 0 Å². The van der Waals surface area contributed by atoms with Crippen LogP contribution in [0.5, 0.6) is 0 Å². The number of hydrogen-bond donors (Lipinski definition) is 2. The minimum Gasteiger partial charge on any atom is -0.378 e. The van der Waals surface area contributed by atoms with Crippen molar-refractivity contribution in [2.24, 2.45) is 5.92 Å². The van der Waals surface area contributed by atoms with Gasteiger partial charge in [0.1, 0.15) is 17.7 Å². The van der Waals surface area contributed by atoms with Gasteiger partial charge in [-0.15, -0.1) is 0 Å². The molecule has 2 aromatic rings. The van der Waals surface area contributed by atoms with Gasteiger partial charge in [0.05, 0.1) is 13.2 Å². The Bertz CT molecular complexity index is 867. The summed E-state index contributed by atoms with van der Waals surface area (Å²) in [6, 6.07) is 8.32. The number of aromatic nitrogens is 1. The van der Waals surface area contributed by atoms with Crippen LogP contribution in [-0.4, -0.2) is 49.1 Å². The second kappa shape index (κ2) is 10.2. The van der Waals surface area contributed by atoms with E-state index in [0.717, 1.165) is 24.5 Å². The maximum absolute atomic E-state index is 13.1. The number of morpholine rings is 1. The second-order valence-corrected chi connectivity index (χ2v) is 7.54. The maximum Gasteiger partial charge on any atom is 0.251 e. The molecule has 8 heteroatoms. The van der Waals surface area contributed by atoms with E-state index in [1.54, 1.807) is 6.20 Å². The number of rotatable bonds is 7. The fraction of sp³-hybridized carbons (Fsp3) is 0.409. The Labute approximate surface area is 175 Å². The summed E-state index contributed by atoms with van der Waals surface area (Å²) in [6.07, 6.45) is 1.72. The number of nitrogens with one attached hydrogen (secondary N) is 2. The number of pyridine rings is 1. The topological polar surface area (TPSA) is 83.6 Å². The fourth-order valence-electron chi connectivity index (χ4n) is 3.20. The van der Waals surface area contributed by atoms with Crippen molar-refractivity contribution in [1.82, 2.24) is 15.6 Å². The summed E-state index contributed by atoms with van der Waals surface area (Å²) in [5.74, 6) is -0.364. The highest BCUT2D eigenvalue weighted by Crippen LogP contribution is 2.14. The highest BCUT2D eigenvalue weighted by Gasteiger charge is 2.24. The smallest absolute Gasteiger partial charge is 0.251 e. The van der Waals surface area contributed by atoms with Crippen LogP contribution < -0.4 is 15.5 Å². The molecular formula is C22H27FN4O3. The molecule has 1 aliphatic rings. The third-order valence-corrected chi connectivity index (χ3v) is 4.95. The Hall–Kier alpha value is -3.00. The molecule has 1 saturated heterocycles. The van der Waals surface area contributed by atoms with Crippen LogP contribution >= 0.6 is 0 Å².